The Morgan fingerprint density at radius 2 is 1.89 bits per heavy atom. The molecule has 0 saturated heterocycles. The number of aromatic carboxylic acids is 1. The topological polar surface area (TPSA) is 81.1 Å². The molecule has 3 N–H and O–H groups in total. The molecule has 0 aliphatic carbocycles. The number of fused-ring (bicyclic) bond motifs is 1. The van der Waals surface area contributed by atoms with Gasteiger partial charge in [-0.3, -0.25) is 0 Å². The highest BCUT2D eigenvalue weighted by atomic mass is 16.4. The van der Waals surface area contributed by atoms with Gasteiger partial charge in [0, 0.05) is 16.8 Å². The van der Waals surface area contributed by atoms with Crippen LogP contribution in [0.4, 0.5) is 5.69 Å². The molecule has 0 fully saturated rings. The third-order valence-corrected chi connectivity index (χ3v) is 4.47. The van der Waals surface area contributed by atoms with Crippen LogP contribution in [0.15, 0.2) is 73.1 Å². The normalized spacial score (nSPS) is 10.4. The van der Waals surface area contributed by atoms with E-state index in [-0.39, 0.29) is 5.56 Å². The van der Waals surface area contributed by atoms with Crippen LogP contribution in [0.5, 0.6) is 0 Å². The first-order chi connectivity index (χ1) is 13.6. The Morgan fingerprint density at radius 3 is 2.68 bits per heavy atom. The lowest BCUT2D eigenvalue weighted by molar-refractivity contribution is 0.0697. The summed E-state index contributed by atoms with van der Waals surface area (Å²) in [6, 6.07) is 20.2. The van der Waals surface area contributed by atoms with Crippen molar-refractivity contribution in [2.45, 2.75) is 6.54 Å². The molecule has 5 heteroatoms. The molecule has 28 heavy (non-hydrogen) atoms. The molecule has 0 unspecified atom stereocenters. The van der Waals surface area contributed by atoms with Gasteiger partial charge in [0.25, 0.3) is 0 Å². The standard InChI is InChI=1S/C23H17N3O2/c24-18-11-12-21-20(14-18)25-15-26(21)13-5-9-17-8-4-10-19(23(27)28)22(17)16-6-2-1-3-7-16/h1-4,6-8,10-12,14-15H,13,24H2,(H,27,28). The van der Waals surface area contributed by atoms with Gasteiger partial charge >= 0.3 is 5.97 Å². The zero-order valence-corrected chi connectivity index (χ0v) is 15.0. The predicted octanol–water partition coefficient (Wildman–Crippen LogP) is 4.04. The van der Waals surface area contributed by atoms with Crippen LogP contribution in [0.2, 0.25) is 0 Å². The predicted molar refractivity (Wildman–Crippen MR) is 110 cm³/mol. The Hall–Kier alpha value is -4.04. The third-order valence-electron chi connectivity index (χ3n) is 4.47. The van der Waals surface area contributed by atoms with Crippen LogP contribution >= 0.6 is 0 Å². The number of anilines is 1. The number of rotatable bonds is 3. The van der Waals surface area contributed by atoms with Gasteiger partial charge < -0.3 is 15.4 Å². The zero-order chi connectivity index (χ0) is 19.5. The molecule has 0 bridgehead atoms. The fourth-order valence-corrected chi connectivity index (χ4v) is 3.18. The Kier molecular flexibility index (Phi) is 4.53. The van der Waals surface area contributed by atoms with Gasteiger partial charge in [-0.2, -0.15) is 0 Å². The number of imidazole rings is 1. The lowest BCUT2D eigenvalue weighted by Gasteiger charge is -2.09. The van der Waals surface area contributed by atoms with E-state index in [0.29, 0.717) is 23.4 Å². The van der Waals surface area contributed by atoms with Crippen LogP contribution in [0.25, 0.3) is 22.2 Å². The minimum atomic E-state index is -0.972. The van der Waals surface area contributed by atoms with E-state index in [1.807, 2.05) is 59.2 Å². The van der Waals surface area contributed by atoms with E-state index in [4.69, 9.17) is 5.73 Å². The maximum atomic E-state index is 11.7. The van der Waals surface area contributed by atoms with E-state index in [1.54, 1.807) is 18.5 Å². The van der Waals surface area contributed by atoms with Crippen molar-refractivity contribution >= 4 is 22.7 Å². The number of nitrogens with two attached hydrogens (primary N) is 1. The largest absolute Gasteiger partial charge is 0.478 e. The van der Waals surface area contributed by atoms with Gasteiger partial charge in [-0.15, -0.1) is 0 Å². The van der Waals surface area contributed by atoms with Crippen molar-refractivity contribution in [3.8, 4) is 23.0 Å². The number of aromatic nitrogens is 2. The molecule has 0 atom stereocenters. The van der Waals surface area contributed by atoms with E-state index in [9.17, 15) is 9.90 Å². The van der Waals surface area contributed by atoms with Crippen LogP contribution in [-0.2, 0) is 6.54 Å². The van der Waals surface area contributed by atoms with Crippen molar-refractivity contribution in [1.82, 2.24) is 9.55 Å². The Morgan fingerprint density at radius 1 is 1.07 bits per heavy atom. The molecule has 1 heterocycles. The van der Waals surface area contributed by atoms with E-state index in [0.717, 1.165) is 16.6 Å². The molecule has 0 aliphatic heterocycles. The highest BCUT2D eigenvalue weighted by Crippen LogP contribution is 2.27. The van der Waals surface area contributed by atoms with Gasteiger partial charge in [0.2, 0.25) is 0 Å². The minimum Gasteiger partial charge on any atom is -0.478 e. The lowest BCUT2D eigenvalue weighted by Crippen LogP contribution is -2.01. The van der Waals surface area contributed by atoms with Crippen LogP contribution in [0, 0.1) is 11.8 Å². The summed E-state index contributed by atoms with van der Waals surface area (Å²) < 4.78 is 1.94. The maximum Gasteiger partial charge on any atom is 0.336 e. The monoisotopic (exact) mass is 367 g/mol. The third kappa shape index (κ3) is 3.31. The van der Waals surface area contributed by atoms with Crippen molar-refractivity contribution in [2.75, 3.05) is 5.73 Å². The van der Waals surface area contributed by atoms with E-state index >= 15 is 0 Å². The number of carbonyl (C=O) groups is 1. The number of carboxylic acids is 1. The fraction of sp³-hybridized carbons (Fsp3) is 0.0435. The first-order valence-corrected chi connectivity index (χ1v) is 8.74. The molecule has 3 aromatic carbocycles. The second kappa shape index (κ2) is 7.29. The summed E-state index contributed by atoms with van der Waals surface area (Å²) in [6.07, 6.45) is 1.73. The molecule has 0 aliphatic rings. The summed E-state index contributed by atoms with van der Waals surface area (Å²) in [5.74, 6) is 5.30. The first-order valence-electron chi connectivity index (χ1n) is 8.74. The fourth-order valence-electron chi connectivity index (χ4n) is 3.18. The number of nitrogens with zero attached hydrogens (tertiary/aromatic N) is 2. The van der Waals surface area contributed by atoms with Crippen LogP contribution in [0.3, 0.4) is 0 Å². The molecule has 4 rings (SSSR count). The highest BCUT2D eigenvalue weighted by molar-refractivity contribution is 5.97. The molecule has 5 nitrogen and oxygen atoms in total. The van der Waals surface area contributed by atoms with Crippen LogP contribution < -0.4 is 5.73 Å². The SMILES string of the molecule is Nc1ccc2c(c1)ncn2CC#Cc1cccc(C(=O)O)c1-c1ccccc1. The van der Waals surface area contributed by atoms with Gasteiger partial charge in [-0.05, 0) is 35.9 Å². The molecule has 0 spiro atoms. The lowest BCUT2D eigenvalue weighted by atomic mass is 9.94. The molecule has 0 radical (unpaired) electrons. The van der Waals surface area contributed by atoms with E-state index in [1.165, 1.54) is 0 Å². The zero-order valence-electron chi connectivity index (χ0n) is 15.0. The second-order valence-electron chi connectivity index (χ2n) is 6.32. The quantitative estimate of drug-likeness (QED) is 0.423. The molecule has 0 amide bonds. The summed E-state index contributed by atoms with van der Waals surface area (Å²) in [5.41, 5.74) is 10.6. The molecular formula is C23H17N3O2. The number of carboxylic acid groups (broad SMARTS) is 1. The number of benzene rings is 3. The first kappa shape index (κ1) is 17.4. The van der Waals surface area contributed by atoms with Crippen LogP contribution in [-0.4, -0.2) is 20.6 Å². The van der Waals surface area contributed by atoms with Crippen molar-refractivity contribution in [1.29, 1.82) is 0 Å². The Labute approximate surface area is 162 Å². The molecule has 4 aromatic rings. The van der Waals surface area contributed by atoms with Gasteiger partial charge in [0.15, 0.2) is 0 Å². The van der Waals surface area contributed by atoms with Crippen molar-refractivity contribution in [3.63, 3.8) is 0 Å². The average Bonchev–Trinajstić information content (AvgIpc) is 3.10. The Bertz CT molecular complexity index is 1230. The summed E-state index contributed by atoms with van der Waals surface area (Å²) >= 11 is 0. The number of nitrogen functional groups attached to an aromatic ring is 1. The highest BCUT2D eigenvalue weighted by Gasteiger charge is 2.14. The summed E-state index contributed by atoms with van der Waals surface area (Å²) in [4.78, 5) is 16.1. The van der Waals surface area contributed by atoms with Gasteiger partial charge in [-0.1, -0.05) is 48.2 Å². The van der Waals surface area contributed by atoms with Crippen molar-refractivity contribution < 1.29 is 9.90 Å². The van der Waals surface area contributed by atoms with Gasteiger partial charge in [0.1, 0.15) is 0 Å². The van der Waals surface area contributed by atoms with Crippen molar-refractivity contribution in [3.05, 3.63) is 84.2 Å². The second-order valence-corrected chi connectivity index (χ2v) is 6.32. The molecule has 136 valence electrons. The number of hydrogen-bond donors (Lipinski definition) is 2. The van der Waals surface area contributed by atoms with Gasteiger partial charge in [-0.25, -0.2) is 9.78 Å². The maximum absolute atomic E-state index is 11.7. The molecule has 0 saturated carbocycles. The number of hydrogen-bond acceptors (Lipinski definition) is 3. The summed E-state index contributed by atoms with van der Waals surface area (Å²) in [5, 5.41) is 9.60. The summed E-state index contributed by atoms with van der Waals surface area (Å²) in [6.45, 7) is 0.436. The summed E-state index contributed by atoms with van der Waals surface area (Å²) in [7, 11) is 0. The molecular weight excluding hydrogens is 350 g/mol. The van der Waals surface area contributed by atoms with Crippen molar-refractivity contribution in [2.24, 2.45) is 0 Å². The Balaban J connectivity index is 1.73. The van der Waals surface area contributed by atoms with Crippen LogP contribution in [0.1, 0.15) is 15.9 Å². The molecule has 1 aromatic heterocycles. The van der Waals surface area contributed by atoms with Gasteiger partial charge in [0.05, 0.1) is 29.5 Å². The average molecular weight is 367 g/mol. The van der Waals surface area contributed by atoms with E-state index in [2.05, 4.69) is 16.8 Å². The smallest absolute Gasteiger partial charge is 0.336 e. The minimum absolute atomic E-state index is 0.238. The van der Waals surface area contributed by atoms with E-state index < -0.39 is 5.97 Å².